The molecule has 1 N–H and O–H groups in total. The van der Waals surface area contributed by atoms with Crippen LogP contribution in [0.4, 0.5) is 0 Å². The summed E-state index contributed by atoms with van der Waals surface area (Å²) in [5, 5.41) is 11.6. The maximum atomic E-state index is 11.5. The molecule has 0 aromatic carbocycles. The third-order valence-corrected chi connectivity index (χ3v) is 3.53. The van der Waals surface area contributed by atoms with Gasteiger partial charge in [0, 0.05) is 11.3 Å². The van der Waals surface area contributed by atoms with Crippen molar-refractivity contribution in [2.24, 2.45) is 5.92 Å². The zero-order valence-corrected chi connectivity index (χ0v) is 8.80. The molecule has 1 unspecified atom stereocenters. The van der Waals surface area contributed by atoms with Gasteiger partial charge in [0.05, 0.1) is 0 Å². The SMILES string of the molecule is O=C(CCc1cccs1)C(O)C1CC1. The molecule has 1 saturated carbocycles. The average Bonchev–Trinajstić information content (AvgIpc) is 2.91. The van der Waals surface area contributed by atoms with E-state index in [2.05, 4.69) is 0 Å². The minimum absolute atomic E-state index is 0.0147. The van der Waals surface area contributed by atoms with Gasteiger partial charge in [-0.15, -0.1) is 11.3 Å². The molecule has 1 fully saturated rings. The van der Waals surface area contributed by atoms with Gasteiger partial charge in [-0.1, -0.05) is 6.07 Å². The summed E-state index contributed by atoms with van der Waals surface area (Å²) in [5.41, 5.74) is 0. The van der Waals surface area contributed by atoms with Crippen molar-refractivity contribution in [3.63, 3.8) is 0 Å². The topological polar surface area (TPSA) is 37.3 Å². The Hall–Kier alpha value is -0.670. The predicted molar refractivity (Wildman–Crippen MR) is 56.4 cm³/mol. The van der Waals surface area contributed by atoms with E-state index in [0.29, 0.717) is 6.42 Å². The monoisotopic (exact) mass is 210 g/mol. The van der Waals surface area contributed by atoms with E-state index >= 15 is 0 Å². The minimum atomic E-state index is -0.685. The lowest BCUT2D eigenvalue weighted by Gasteiger charge is -2.06. The van der Waals surface area contributed by atoms with Gasteiger partial charge in [0.1, 0.15) is 6.10 Å². The van der Waals surface area contributed by atoms with E-state index in [1.165, 1.54) is 4.88 Å². The molecule has 0 amide bonds. The summed E-state index contributed by atoms with van der Waals surface area (Å²) in [4.78, 5) is 12.7. The van der Waals surface area contributed by atoms with Gasteiger partial charge >= 0.3 is 0 Å². The highest BCUT2D eigenvalue weighted by Gasteiger charge is 2.33. The number of aliphatic hydroxyl groups excluding tert-OH is 1. The van der Waals surface area contributed by atoms with Crippen LogP contribution < -0.4 is 0 Å². The fraction of sp³-hybridized carbons (Fsp3) is 0.545. The van der Waals surface area contributed by atoms with E-state index in [4.69, 9.17) is 0 Å². The van der Waals surface area contributed by atoms with E-state index < -0.39 is 6.10 Å². The van der Waals surface area contributed by atoms with Crippen LogP contribution in [0.2, 0.25) is 0 Å². The van der Waals surface area contributed by atoms with Crippen LogP contribution >= 0.6 is 11.3 Å². The molecule has 0 spiro atoms. The zero-order chi connectivity index (χ0) is 9.97. The van der Waals surface area contributed by atoms with Gasteiger partial charge in [-0.25, -0.2) is 0 Å². The number of hydrogen-bond acceptors (Lipinski definition) is 3. The molecule has 1 aromatic rings. The van der Waals surface area contributed by atoms with Crippen LogP contribution in [-0.4, -0.2) is 17.0 Å². The first-order valence-electron chi connectivity index (χ1n) is 5.00. The molecule has 1 heterocycles. The Balaban J connectivity index is 1.77. The second-order valence-electron chi connectivity index (χ2n) is 3.83. The second kappa shape index (κ2) is 4.24. The first kappa shape index (κ1) is 9.87. The number of carbonyl (C=O) groups excluding carboxylic acids is 1. The number of aliphatic hydroxyl groups is 1. The summed E-state index contributed by atoms with van der Waals surface area (Å²) in [6, 6.07) is 4.02. The summed E-state index contributed by atoms with van der Waals surface area (Å²) in [6.45, 7) is 0. The van der Waals surface area contributed by atoms with Gasteiger partial charge in [-0.3, -0.25) is 4.79 Å². The van der Waals surface area contributed by atoms with Gasteiger partial charge in [0.15, 0.2) is 5.78 Å². The van der Waals surface area contributed by atoms with E-state index in [9.17, 15) is 9.90 Å². The van der Waals surface area contributed by atoms with Crippen molar-refractivity contribution in [3.8, 4) is 0 Å². The molecule has 0 aliphatic heterocycles. The summed E-state index contributed by atoms with van der Waals surface area (Å²) >= 11 is 1.67. The maximum absolute atomic E-state index is 11.5. The highest BCUT2D eigenvalue weighted by Crippen LogP contribution is 2.33. The lowest BCUT2D eigenvalue weighted by atomic mass is 10.1. The smallest absolute Gasteiger partial charge is 0.161 e. The minimum Gasteiger partial charge on any atom is -0.385 e. The molecule has 1 atom stereocenters. The molecule has 2 nitrogen and oxygen atoms in total. The Labute approximate surface area is 87.6 Å². The predicted octanol–water partition coefficient (Wildman–Crippen LogP) is 2.02. The highest BCUT2D eigenvalue weighted by molar-refractivity contribution is 7.09. The normalized spacial score (nSPS) is 18.1. The van der Waals surface area contributed by atoms with Crippen molar-refractivity contribution < 1.29 is 9.90 Å². The quantitative estimate of drug-likeness (QED) is 0.807. The number of Topliss-reactive ketones (excluding diaryl/α,β-unsaturated/α-hetero) is 1. The fourth-order valence-electron chi connectivity index (χ4n) is 1.52. The number of carbonyl (C=O) groups is 1. The van der Waals surface area contributed by atoms with Crippen molar-refractivity contribution in [2.75, 3.05) is 0 Å². The second-order valence-corrected chi connectivity index (χ2v) is 4.86. The molecule has 0 saturated heterocycles. The average molecular weight is 210 g/mol. The standard InChI is InChI=1S/C11H14O2S/c12-10(11(13)8-3-4-8)6-5-9-2-1-7-14-9/h1-2,7-8,11,13H,3-6H2. The van der Waals surface area contributed by atoms with Crippen molar-refractivity contribution in [3.05, 3.63) is 22.4 Å². The van der Waals surface area contributed by atoms with Gasteiger partial charge in [-0.05, 0) is 36.6 Å². The molecule has 1 aliphatic carbocycles. The molecule has 0 radical (unpaired) electrons. The molecule has 0 bridgehead atoms. The number of aryl methyl sites for hydroxylation is 1. The molecule has 3 heteroatoms. The van der Waals surface area contributed by atoms with Crippen LogP contribution in [0.15, 0.2) is 17.5 Å². The Morgan fingerprint density at radius 1 is 1.64 bits per heavy atom. The Morgan fingerprint density at radius 3 is 3.00 bits per heavy atom. The Morgan fingerprint density at radius 2 is 2.43 bits per heavy atom. The maximum Gasteiger partial charge on any atom is 0.161 e. The summed E-state index contributed by atoms with van der Waals surface area (Å²) in [7, 11) is 0. The van der Waals surface area contributed by atoms with E-state index in [1.54, 1.807) is 11.3 Å². The molecular weight excluding hydrogens is 196 g/mol. The Bertz CT molecular complexity index is 301. The number of thiophene rings is 1. The largest absolute Gasteiger partial charge is 0.385 e. The van der Waals surface area contributed by atoms with Crippen LogP contribution in [0.1, 0.15) is 24.1 Å². The molecule has 76 valence electrons. The van der Waals surface area contributed by atoms with Crippen molar-refractivity contribution >= 4 is 17.1 Å². The van der Waals surface area contributed by atoms with E-state index in [0.717, 1.165) is 19.3 Å². The first-order chi connectivity index (χ1) is 6.77. The number of rotatable bonds is 5. The van der Waals surface area contributed by atoms with Crippen LogP contribution in [0, 0.1) is 5.92 Å². The third-order valence-electron chi connectivity index (χ3n) is 2.60. The van der Waals surface area contributed by atoms with Crippen molar-refractivity contribution in [2.45, 2.75) is 31.8 Å². The Kier molecular flexibility index (Phi) is 2.99. The van der Waals surface area contributed by atoms with E-state index in [1.807, 2.05) is 17.5 Å². The molecular formula is C11H14O2S. The van der Waals surface area contributed by atoms with Gasteiger partial charge in [-0.2, -0.15) is 0 Å². The summed E-state index contributed by atoms with van der Waals surface area (Å²) < 4.78 is 0. The lowest BCUT2D eigenvalue weighted by molar-refractivity contribution is -0.128. The lowest BCUT2D eigenvalue weighted by Crippen LogP contribution is -2.22. The van der Waals surface area contributed by atoms with Gasteiger partial charge < -0.3 is 5.11 Å². The molecule has 2 rings (SSSR count). The van der Waals surface area contributed by atoms with Gasteiger partial charge in [0.2, 0.25) is 0 Å². The third kappa shape index (κ3) is 2.42. The van der Waals surface area contributed by atoms with Crippen LogP contribution in [0.25, 0.3) is 0 Å². The zero-order valence-electron chi connectivity index (χ0n) is 7.98. The molecule has 1 aliphatic rings. The fourth-order valence-corrected chi connectivity index (χ4v) is 2.23. The number of ketones is 1. The van der Waals surface area contributed by atoms with Crippen LogP contribution in [0.5, 0.6) is 0 Å². The van der Waals surface area contributed by atoms with Crippen molar-refractivity contribution in [1.29, 1.82) is 0 Å². The van der Waals surface area contributed by atoms with Crippen molar-refractivity contribution in [1.82, 2.24) is 0 Å². The summed E-state index contributed by atoms with van der Waals surface area (Å²) in [5.74, 6) is 0.284. The summed E-state index contributed by atoms with van der Waals surface area (Å²) in [6.07, 6.45) is 2.62. The molecule has 14 heavy (non-hydrogen) atoms. The van der Waals surface area contributed by atoms with E-state index in [-0.39, 0.29) is 11.7 Å². The van der Waals surface area contributed by atoms with Gasteiger partial charge in [0.25, 0.3) is 0 Å². The highest BCUT2D eigenvalue weighted by atomic mass is 32.1. The van der Waals surface area contributed by atoms with Crippen LogP contribution in [0.3, 0.4) is 0 Å². The number of hydrogen-bond donors (Lipinski definition) is 1. The van der Waals surface area contributed by atoms with Crippen LogP contribution in [-0.2, 0) is 11.2 Å². The molecule has 1 aromatic heterocycles. The first-order valence-corrected chi connectivity index (χ1v) is 5.88.